The summed E-state index contributed by atoms with van der Waals surface area (Å²) >= 11 is 1.88. The van der Waals surface area contributed by atoms with Crippen LogP contribution in [0.5, 0.6) is 0 Å². The molecule has 2 aromatic heterocycles. The number of para-hydroxylation sites is 1. The maximum absolute atomic E-state index is 2.52. The summed E-state index contributed by atoms with van der Waals surface area (Å²) < 4.78 is 5.03. The molecule has 0 fully saturated rings. The molecule has 304 valence electrons. The van der Waals surface area contributed by atoms with Gasteiger partial charge in [-0.3, -0.25) is 0 Å². The van der Waals surface area contributed by atoms with Crippen LogP contribution in [0.15, 0.2) is 243 Å². The van der Waals surface area contributed by atoms with Gasteiger partial charge < -0.3 is 9.47 Å². The van der Waals surface area contributed by atoms with Gasteiger partial charge in [0.2, 0.25) is 0 Å². The zero-order valence-electron chi connectivity index (χ0n) is 35.4. The van der Waals surface area contributed by atoms with Crippen LogP contribution >= 0.6 is 11.3 Å². The number of aromatic nitrogens is 1. The van der Waals surface area contributed by atoms with Crippen molar-refractivity contribution >= 4 is 91.9 Å². The molecule has 0 atom stereocenters. The molecule has 0 unspecified atom stereocenters. The summed E-state index contributed by atoms with van der Waals surface area (Å²) in [6.45, 7) is 0. The lowest BCUT2D eigenvalue weighted by molar-refractivity contribution is 1.20. The average molecular weight is 845 g/mol. The Labute approximate surface area is 381 Å². The zero-order chi connectivity index (χ0) is 42.8. The molecule has 0 bridgehead atoms. The van der Waals surface area contributed by atoms with Crippen LogP contribution in [0.1, 0.15) is 0 Å². The van der Waals surface area contributed by atoms with Gasteiger partial charge in [0, 0.05) is 42.0 Å². The Hall–Kier alpha value is -8.24. The Morgan fingerprint density at radius 1 is 0.338 bits per heavy atom. The summed E-state index contributed by atoms with van der Waals surface area (Å²) in [4.78, 5) is 2.52. The molecule has 11 aromatic carbocycles. The second-order valence-corrected chi connectivity index (χ2v) is 17.9. The predicted octanol–water partition coefficient (Wildman–Crippen LogP) is 17.9. The Bertz CT molecular complexity index is 3950. The fourth-order valence-electron chi connectivity index (χ4n) is 10.1. The lowest BCUT2D eigenvalue weighted by atomic mass is 9.97. The Morgan fingerprint density at radius 2 is 0.938 bits per heavy atom. The van der Waals surface area contributed by atoms with Gasteiger partial charge in [-0.05, 0) is 110 Å². The van der Waals surface area contributed by atoms with Crippen molar-refractivity contribution in [2.45, 2.75) is 0 Å². The van der Waals surface area contributed by atoms with Crippen LogP contribution in [0.2, 0.25) is 0 Å². The second-order valence-electron chi connectivity index (χ2n) is 16.8. The van der Waals surface area contributed by atoms with E-state index in [4.69, 9.17) is 0 Å². The molecule has 0 N–H and O–H groups in total. The van der Waals surface area contributed by atoms with E-state index in [1.165, 1.54) is 103 Å². The quantitative estimate of drug-likeness (QED) is 0.155. The molecule has 13 rings (SSSR count). The maximum Gasteiger partial charge on any atom is 0.0562 e. The second kappa shape index (κ2) is 15.2. The van der Waals surface area contributed by atoms with E-state index in [0.717, 1.165) is 17.1 Å². The van der Waals surface area contributed by atoms with Crippen LogP contribution in [0, 0.1) is 0 Å². The van der Waals surface area contributed by atoms with Gasteiger partial charge >= 0.3 is 0 Å². The van der Waals surface area contributed by atoms with Crippen molar-refractivity contribution in [2.24, 2.45) is 0 Å². The van der Waals surface area contributed by atoms with Gasteiger partial charge in [0.1, 0.15) is 0 Å². The van der Waals surface area contributed by atoms with Gasteiger partial charge in [-0.15, -0.1) is 11.3 Å². The van der Waals surface area contributed by atoms with E-state index in [0.29, 0.717) is 0 Å². The minimum Gasteiger partial charge on any atom is -0.309 e. The number of benzene rings is 11. The molecular weight excluding hydrogens is 805 g/mol. The third-order valence-electron chi connectivity index (χ3n) is 13.2. The fourth-order valence-corrected chi connectivity index (χ4v) is 11.4. The monoisotopic (exact) mass is 844 g/mol. The first-order chi connectivity index (χ1) is 32.2. The molecule has 0 saturated heterocycles. The number of hydrogen-bond donors (Lipinski definition) is 0. The van der Waals surface area contributed by atoms with Gasteiger partial charge in [0.15, 0.2) is 0 Å². The van der Waals surface area contributed by atoms with E-state index in [2.05, 4.69) is 252 Å². The molecule has 3 heteroatoms. The highest BCUT2D eigenvalue weighted by Crippen LogP contribution is 2.51. The van der Waals surface area contributed by atoms with Crippen molar-refractivity contribution in [1.29, 1.82) is 0 Å². The summed E-state index contributed by atoms with van der Waals surface area (Å²) in [6.07, 6.45) is 0. The lowest BCUT2D eigenvalue weighted by Crippen LogP contribution is -2.11. The summed E-state index contributed by atoms with van der Waals surface area (Å²) in [6, 6.07) is 89.0. The van der Waals surface area contributed by atoms with E-state index < -0.39 is 0 Å². The van der Waals surface area contributed by atoms with Crippen molar-refractivity contribution < 1.29 is 0 Å². The molecule has 0 aliphatic heterocycles. The number of hydrogen-bond acceptors (Lipinski definition) is 2. The van der Waals surface area contributed by atoms with Crippen LogP contribution in [-0.2, 0) is 0 Å². The number of anilines is 3. The molecule has 2 nitrogen and oxygen atoms in total. The van der Waals surface area contributed by atoms with Crippen molar-refractivity contribution in [1.82, 2.24) is 4.57 Å². The fraction of sp³-hybridized carbons (Fsp3) is 0. The molecule has 0 aliphatic carbocycles. The summed E-state index contributed by atoms with van der Waals surface area (Å²) in [7, 11) is 0. The third-order valence-corrected chi connectivity index (χ3v) is 14.4. The number of nitrogens with zero attached hydrogens (tertiary/aromatic N) is 2. The molecule has 0 amide bonds. The molecule has 65 heavy (non-hydrogen) atoms. The van der Waals surface area contributed by atoms with Crippen molar-refractivity contribution in [3.8, 4) is 39.1 Å². The van der Waals surface area contributed by atoms with Crippen LogP contribution in [-0.4, -0.2) is 4.57 Å². The Kier molecular flexibility index (Phi) is 8.75. The highest BCUT2D eigenvalue weighted by atomic mass is 32.1. The lowest BCUT2D eigenvalue weighted by Gasteiger charge is -2.28. The van der Waals surface area contributed by atoms with Gasteiger partial charge in [-0.2, -0.15) is 0 Å². The van der Waals surface area contributed by atoms with Gasteiger partial charge in [0.05, 0.1) is 28.1 Å². The maximum atomic E-state index is 2.52. The van der Waals surface area contributed by atoms with Crippen LogP contribution in [0.4, 0.5) is 17.1 Å². The smallest absolute Gasteiger partial charge is 0.0562 e. The standard InChI is InChI=1S/C62H40N2S/c1-2-16-44(17-3-1)51-37-38-58(61-53-25-9-11-30-59(53)65-62(51)61)63(49-35-33-42(34-36-49)46-21-12-22-47(39-46)48-32-31-41-15-4-5-19-45(41)40-48)56-28-14-29-57-60(56)52-24-8-10-26-55(52)64(57)54-27-13-20-43-18-6-7-23-50(43)54/h1-40H. The van der Waals surface area contributed by atoms with E-state index in [9.17, 15) is 0 Å². The minimum atomic E-state index is 1.10. The predicted molar refractivity (Wildman–Crippen MR) is 280 cm³/mol. The first-order valence-electron chi connectivity index (χ1n) is 22.2. The van der Waals surface area contributed by atoms with Crippen molar-refractivity contribution in [3.63, 3.8) is 0 Å². The van der Waals surface area contributed by atoms with Crippen LogP contribution < -0.4 is 4.90 Å². The van der Waals surface area contributed by atoms with E-state index >= 15 is 0 Å². The Balaban J connectivity index is 1.05. The number of thiophene rings is 1. The number of fused-ring (bicyclic) bond motifs is 8. The minimum absolute atomic E-state index is 1.10. The summed E-state index contributed by atoms with van der Waals surface area (Å²) in [5.74, 6) is 0. The van der Waals surface area contributed by atoms with Gasteiger partial charge in [-0.1, -0.05) is 182 Å². The molecule has 0 spiro atoms. The largest absolute Gasteiger partial charge is 0.309 e. The molecule has 0 radical (unpaired) electrons. The van der Waals surface area contributed by atoms with Crippen molar-refractivity contribution in [2.75, 3.05) is 4.90 Å². The van der Waals surface area contributed by atoms with Gasteiger partial charge in [-0.25, -0.2) is 0 Å². The molecule has 13 aromatic rings. The topological polar surface area (TPSA) is 8.17 Å². The SMILES string of the molecule is c1ccc(-c2ccc(N(c3ccc(-c4cccc(-c5ccc6ccccc6c5)c4)cc3)c3cccc4c3c3ccccc3n4-c3cccc4ccccc34)c3c2sc2ccccc23)cc1. The molecule has 0 saturated carbocycles. The molecule has 2 heterocycles. The van der Waals surface area contributed by atoms with E-state index in [1.54, 1.807) is 0 Å². The van der Waals surface area contributed by atoms with Crippen LogP contribution in [0.3, 0.4) is 0 Å². The zero-order valence-corrected chi connectivity index (χ0v) is 36.2. The summed E-state index contributed by atoms with van der Waals surface area (Å²) in [5.41, 5.74) is 14.2. The highest BCUT2D eigenvalue weighted by molar-refractivity contribution is 7.26. The van der Waals surface area contributed by atoms with Gasteiger partial charge in [0.25, 0.3) is 0 Å². The van der Waals surface area contributed by atoms with Crippen LogP contribution in [0.25, 0.3) is 103 Å². The Morgan fingerprint density at radius 3 is 1.80 bits per heavy atom. The normalized spacial score (nSPS) is 11.7. The first-order valence-corrected chi connectivity index (χ1v) is 23.1. The third kappa shape index (κ3) is 6.16. The summed E-state index contributed by atoms with van der Waals surface area (Å²) in [5, 5.41) is 9.90. The van der Waals surface area contributed by atoms with E-state index in [-0.39, 0.29) is 0 Å². The average Bonchev–Trinajstić information content (AvgIpc) is 3.94. The number of rotatable bonds is 7. The molecular formula is C62H40N2S. The van der Waals surface area contributed by atoms with Crippen molar-refractivity contribution in [3.05, 3.63) is 243 Å². The van der Waals surface area contributed by atoms with E-state index in [1.807, 2.05) is 11.3 Å². The first kappa shape index (κ1) is 37.3. The highest BCUT2D eigenvalue weighted by Gasteiger charge is 2.25. The molecule has 0 aliphatic rings.